The molecule has 1 aromatic carbocycles. The van der Waals surface area contributed by atoms with Gasteiger partial charge in [-0.1, -0.05) is 35.4 Å². The summed E-state index contributed by atoms with van der Waals surface area (Å²) in [7, 11) is 0. The van der Waals surface area contributed by atoms with Crippen LogP contribution in [0.2, 0.25) is 0 Å². The molecule has 2 rings (SSSR count). The molecule has 2 aromatic rings. The molecule has 2 N–H and O–H groups in total. The molecule has 8 heteroatoms. The zero-order chi connectivity index (χ0) is 12.0. The average molecular weight is 310 g/mol. The maximum atomic E-state index is 10.4. The van der Waals surface area contributed by atoms with E-state index in [-0.39, 0.29) is 32.7 Å². The molecule has 0 unspecified atom stereocenters. The smallest absolute Gasteiger partial charge is 0.665 e. The van der Waals surface area contributed by atoms with Crippen LogP contribution in [0.1, 0.15) is 0 Å². The molecule has 0 radical (unpaired) electrons. The van der Waals surface area contributed by atoms with E-state index >= 15 is 0 Å². The van der Waals surface area contributed by atoms with E-state index in [0.717, 1.165) is 6.54 Å². The number of nitrogens with zero attached hydrogens (tertiary/aromatic N) is 3. The van der Waals surface area contributed by atoms with Crippen molar-refractivity contribution < 1.29 is 52.5 Å². The van der Waals surface area contributed by atoms with Gasteiger partial charge in [-0.3, -0.25) is 4.79 Å². The first-order chi connectivity index (χ1) is 7.69. The third kappa shape index (κ3) is 4.50. The maximum absolute atomic E-state index is 10.4. The van der Waals surface area contributed by atoms with Crippen LogP contribution >= 0.6 is 0 Å². The second kappa shape index (κ2) is 7.75. The van der Waals surface area contributed by atoms with Crippen LogP contribution in [0.5, 0.6) is 0 Å². The van der Waals surface area contributed by atoms with Gasteiger partial charge in [-0.05, 0) is 6.54 Å². The van der Waals surface area contributed by atoms with Crippen LogP contribution in [-0.4, -0.2) is 37.6 Å². The summed E-state index contributed by atoms with van der Waals surface area (Å²) in [5.41, 5.74) is 1.37. The van der Waals surface area contributed by atoms with Gasteiger partial charge in [-0.2, -0.15) is 5.10 Å². The molecule has 1 aromatic heterocycles. The van der Waals surface area contributed by atoms with E-state index < -0.39 is 5.97 Å². The number of aliphatic hydroxyl groups excluding tert-OH is 1. The van der Waals surface area contributed by atoms with E-state index in [0.29, 0.717) is 17.5 Å². The van der Waals surface area contributed by atoms with E-state index in [1.54, 1.807) is 18.2 Å². The number of carbonyl (C=O) groups is 1. The first-order valence-corrected chi connectivity index (χ1v) is 4.08. The van der Waals surface area contributed by atoms with E-state index in [2.05, 4.69) is 10.3 Å². The van der Waals surface area contributed by atoms with Crippen molar-refractivity contribution in [2.24, 2.45) is 0 Å². The van der Waals surface area contributed by atoms with Crippen molar-refractivity contribution in [3.05, 3.63) is 30.8 Å². The van der Waals surface area contributed by atoms with Gasteiger partial charge in [0.15, 0.2) is 0 Å². The Kier molecular flexibility index (Phi) is 7.08. The number of aromatic nitrogens is 3. The van der Waals surface area contributed by atoms with Gasteiger partial charge in [0.05, 0.1) is 0 Å². The standard InChI is InChI=1S/C8H6N3O2.CHO2.Y/c12-8(13)5-11-7-4-2-1-3-6(7)9-10-11;2-1-3;/h1-5H,(H,12,13);(H,2,3);/q2*-1;+3. The molecule has 0 atom stereocenters. The van der Waals surface area contributed by atoms with Crippen molar-refractivity contribution in [1.82, 2.24) is 15.0 Å². The zero-order valence-electron chi connectivity index (χ0n) is 8.52. The fourth-order valence-electron chi connectivity index (χ4n) is 1.09. The Labute approximate surface area is 121 Å². The van der Waals surface area contributed by atoms with Gasteiger partial charge < -0.3 is 19.7 Å². The van der Waals surface area contributed by atoms with Crippen molar-refractivity contribution >= 4 is 23.5 Å². The Hall–Kier alpha value is -1.47. The van der Waals surface area contributed by atoms with Crippen molar-refractivity contribution in [2.75, 3.05) is 0 Å². The van der Waals surface area contributed by atoms with Crippen molar-refractivity contribution in [3.8, 4) is 0 Å². The Morgan fingerprint density at radius 2 is 2.00 bits per heavy atom. The Morgan fingerprint density at radius 1 is 1.41 bits per heavy atom. The zero-order valence-corrected chi connectivity index (χ0v) is 11.4. The molecule has 0 aliphatic heterocycles. The minimum atomic E-state index is -1.05. The molecule has 0 aliphatic carbocycles. The molecule has 84 valence electrons. The summed E-state index contributed by atoms with van der Waals surface area (Å²) in [6, 6.07) is 7.16. The number of hydrogen-bond donors (Lipinski definition) is 2. The summed E-state index contributed by atoms with van der Waals surface area (Å²) in [6.07, 6.45) is 0. The summed E-state index contributed by atoms with van der Waals surface area (Å²) in [5.74, 6) is -1.05. The Bertz CT molecular complexity index is 500. The molecule has 0 fully saturated rings. The molecule has 0 bridgehead atoms. The number of fused-ring (bicyclic) bond motifs is 1. The van der Waals surface area contributed by atoms with E-state index in [4.69, 9.17) is 15.0 Å². The summed E-state index contributed by atoms with van der Waals surface area (Å²) >= 11 is 0. The fraction of sp³-hybridized carbons (Fsp3) is 0. The second-order valence-corrected chi connectivity index (χ2v) is 2.58. The number of para-hydroxylation sites is 1. The Balaban J connectivity index is 0.000000583. The third-order valence-electron chi connectivity index (χ3n) is 1.61. The van der Waals surface area contributed by atoms with E-state index in [9.17, 15) is 4.79 Å². The minimum Gasteiger partial charge on any atom is -0.665 e. The fourth-order valence-corrected chi connectivity index (χ4v) is 1.09. The topological polar surface area (TPSA) is 105 Å². The number of aliphatic carboxylic acids is 1. The number of benzene rings is 1. The van der Waals surface area contributed by atoms with Crippen molar-refractivity contribution in [3.63, 3.8) is 0 Å². The van der Waals surface area contributed by atoms with Gasteiger partial charge >= 0.3 is 32.7 Å². The monoisotopic (exact) mass is 310 g/mol. The van der Waals surface area contributed by atoms with Crippen molar-refractivity contribution in [2.45, 2.75) is 0 Å². The largest absolute Gasteiger partial charge is 3.00 e. The van der Waals surface area contributed by atoms with Crippen LogP contribution in [0, 0.1) is 6.54 Å². The minimum absolute atomic E-state index is 0. The molecule has 0 spiro atoms. The van der Waals surface area contributed by atoms with Gasteiger partial charge in [-0.15, -0.1) is 6.07 Å². The number of rotatable bonds is 2. The van der Waals surface area contributed by atoms with Gasteiger partial charge in [0.25, 0.3) is 5.97 Å². The summed E-state index contributed by atoms with van der Waals surface area (Å²) < 4.78 is 1.23. The molecule has 17 heavy (non-hydrogen) atoms. The van der Waals surface area contributed by atoms with Crippen LogP contribution in [0.3, 0.4) is 0 Å². The van der Waals surface area contributed by atoms with Crippen molar-refractivity contribution in [1.29, 1.82) is 0 Å². The molecular formula is C9H7N3O4Y+. The van der Waals surface area contributed by atoms with Crippen LogP contribution < -0.4 is 0 Å². The molecule has 0 saturated carbocycles. The molecule has 1 heterocycles. The molecular weight excluding hydrogens is 303 g/mol. The first kappa shape index (κ1) is 15.5. The number of carboxylic acid groups (broad SMARTS) is 1. The third-order valence-corrected chi connectivity index (χ3v) is 1.61. The predicted molar refractivity (Wildman–Crippen MR) is 53.2 cm³/mol. The quantitative estimate of drug-likeness (QED) is 0.764. The average Bonchev–Trinajstić information content (AvgIpc) is 2.63. The van der Waals surface area contributed by atoms with Gasteiger partial charge in [0.2, 0.25) is 0 Å². The summed E-state index contributed by atoms with van der Waals surface area (Å²) in [5, 5.41) is 22.7. The van der Waals surface area contributed by atoms with Crippen LogP contribution in [-0.2, 0) is 42.3 Å². The second-order valence-electron chi connectivity index (χ2n) is 2.58. The Morgan fingerprint density at radius 3 is 2.59 bits per heavy atom. The maximum Gasteiger partial charge on any atom is 3.00 e. The normalized spacial score (nSPS) is 8.47. The van der Waals surface area contributed by atoms with E-state index in [1.807, 2.05) is 6.07 Å². The van der Waals surface area contributed by atoms with Crippen LogP contribution in [0.25, 0.3) is 11.0 Å². The summed E-state index contributed by atoms with van der Waals surface area (Å²) in [6.45, 7) is 1.47. The molecule has 0 aliphatic rings. The molecule has 7 nitrogen and oxygen atoms in total. The SMILES string of the molecule is O=C(O)[CH-]n1nnc2ccccc21.O=[C-]O.[Y+3]. The van der Waals surface area contributed by atoms with Gasteiger partial charge in [0, 0.05) is 5.52 Å². The molecule has 0 saturated heterocycles. The number of hydrogen-bond acceptors (Lipinski definition) is 4. The number of carboxylic acids is 1. The van der Waals surface area contributed by atoms with Crippen LogP contribution in [0.15, 0.2) is 24.3 Å². The molecule has 0 amide bonds. The predicted octanol–water partition coefficient (Wildman–Crippen LogP) is 0.135. The van der Waals surface area contributed by atoms with Gasteiger partial charge in [-0.25, -0.2) is 0 Å². The summed E-state index contributed by atoms with van der Waals surface area (Å²) in [4.78, 5) is 18.6. The van der Waals surface area contributed by atoms with Crippen LogP contribution in [0.4, 0.5) is 0 Å². The van der Waals surface area contributed by atoms with E-state index in [1.165, 1.54) is 4.68 Å². The van der Waals surface area contributed by atoms with Gasteiger partial charge in [0.1, 0.15) is 0 Å². The first-order valence-electron chi connectivity index (χ1n) is 4.08.